The standard InChI is InChI=1S/C11H13Br2NO3/c1-6(11(15)16)17-10-8(12)3-7(5-14-2)4-9(10)13/h3-4,6,14H,5H2,1-2H3,(H,15,16). The van der Waals surface area contributed by atoms with Crippen molar-refractivity contribution in [3.8, 4) is 5.75 Å². The summed E-state index contributed by atoms with van der Waals surface area (Å²) in [6, 6.07) is 3.79. The van der Waals surface area contributed by atoms with Crippen LogP contribution in [0.4, 0.5) is 0 Å². The van der Waals surface area contributed by atoms with Gasteiger partial charge >= 0.3 is 5.97 Å². The van der Waals surface area contributed by atoms with Crippen molar-refractivity contribution in [1.29, 1.82) is 0 Å². The molecule has 0 aromatic heterocycles. The van der Waals surface area contributed by atoms with Gasteiger partial charge in [-0.2, -0.15) is 0 Å². The molecule has 0 fully saturated rings. The molecule has 94 valence electrons. The first-order chi connectivity index (χ1) is 7.95. The van der Waals surface area contributed by atoms with E-state index in [0.717, 1.165) is 21.1 Å². The molecule has 0 heterocycles. The molecule has 4 nitrogen and oxygen atoms in total. The lowest BCUT2D eigenvalue weighted by Gasteiger charge is -2.15. The second kappa shape index (κ2) is 6.37. The fourth-order valence-corrected chi connectivity index (χ4v) is 2.73. The zero-order valence-corrected chi connectivity index (χ0v) is 12.6. The van der Waals surface area contributed by atoms with Gasteiger partial charge in [0, 0.05) is 6.54 Å². The molecule has 0 aliphatic rings. The predicted octanol–water partition coefficient (Wildman–Crippen LogP) is 2.78. The van der Waals surface area contributed by atoms with Crippen LogP contribution in [-0.2, 0) is 11.3 Å². The summed E-state index contributed by atoms with van der Waals surface area (Å²) in [6.07, 6.45) is -0.891. The Morgan fingerprint density at radius 2 is 2.00 bits per heavy atom. The Hall–Kier alpha value is -0.590. The molecule has 1 atom stereocenters. The zero-order chi connectivity index (χ0) is 13.0. The molecule has 2 N–H and O–H groups in total. The molecule has 1 unspecified atom stereocenters. The minimum Gasteiger partial charge on any atom is -0.479 e. The lowest BCUT2D eigenvalue weighted by molar-refractivity contribution is -0.144. The van der Waals surface area contributed by atoms with Gasteiger partial charge in [-0.05, 0) is 63.5 Å². The first-order valence-electron chi connectivity index (χ1n) is 4.97. The monoisotopic (exact) mass is 365 g/mol. The fraction of sp³-hybridized carbons (Fsp3) is 0.364. The van der Waals surface area contributed by atoms with Crippen LogP contribution < -0.4 is 10.1 Å². The summed E-state index contributed by atoms with van der Waals surface area (Å²) in [4.78, 5) is 10.7. The van der Waals surface area contributed by atoms with E-state index in [-0.39, 0.29) is 0 Å². The Balaban J connectivity index is 2.97. The maximum atomic E-state index is 10.7. The highest BCUT2D eigenvalue weighted by Gasteiger charge is 2.17. The Bertz CT molecular complexity index is 400. The van der Waals surface area contributed by atoms with E-state index in [9.17, 15) is 4.79 Å². The second-order valence-electron chi connectivity index (χ2n) is 3.52. The number of benzene rings is 1. The van der Waals surface area contributed by atoms with E-state index in [1.807, 2.05) is 19.2 Å². The molecule has 0 aliphatic heterocycles. The summed E-state index contributed by atoms with van der Waals surface area (Å²) in [7, 11) is 1.86. The van der Waals surface area contributed by atoms with Crippen molar-refractivity contribution in [1.82, 2.24) is 5.32 Å². The van der Waals surface area contributed by atoms with E-state index in [1.54, 1.807) is 0 Å². The number of rotatable bonds is 5. The van der Waals surface area contributed by atoms with Crippen molar-refractivity contribution in [3.63, 3.8) is 0 Å². The Labute approximate surface area is 117 Å². The first-order valence-corrected chi connectivity index (χ1v) is 6.56. The Morgan fingerprint density at radius 3 is 2.41 bits per heavy atom. The predicted molar refractivity (Wildman–Crippen MR) is 72.3 cm³/mol. The van der Waals surface area contributed by atoms with Gasteiger partial charge in [0.25, 0.3) is 0 Å². The number of nitrogens with one attached hydrogen (secondary N) is 1. The Morgan fingerprint density at radius 1 is 1.47 bits per heavy atom. The van der Waals surface area contributed by atoms with Gasteiger partial charge < -0.3 is 15.2 Å². The maximum absolute atomic E-state index is 10.7. The van der Waals surface area contributed by atoms with Gasteiger partial charge in [0.2, 0.25) is 0 Å². The normalized spacial score (nSPS) is 12.2. The highest BCUT2D eigenvalue weighted by Crippen LogP contribution is 2.35. The number of aliphatic carboxylic acids is 1. The quantitative estimate of drug-likeness (QED) is 0.841. The third-order valence-corrected chi connectivity index (χ3v) is 3.26. The van der Waals surface area contributed by atoms with Gasteiger partial charge in [0.1, 0.15) is 5.75 Å². The molecule has 1 aromatic rings. The molecular formula is C11H13Br2NO3. The van der Waals surface area contributed by atoms with Crippen molar-refractivity contribution in [2.75, 3.05) is 7.05 Å². The molecule has 0 radical (unpaired) electrons. The van der Waals surface area contributed by atoms with Crippen LogP contribution in [-0.4, -0.2) is 24.2 Å². The minimum absolute atomic E-state index is 0.500. The number of hydrogen-bond donors (Lipinski definition) is 2. The second-order valence-corrected chi connectivity index (χ2v) is 5.23. The average Bonchev–Trinajstić information content (AvgIpc) is 2.23. The number of hydrogen-bond acceptors (Lipinski definition) is 3. The van der Waals surface area contributed by atoms with Crippen LogP contribution in [0, 0.1) is 0 Å². The summed E-state index contributed by atoms with van der Waals surface area (Å²) in [5.74, 6) is -0.497. The van der Waals surface area contributed by atoms with E-state index >= 15 is 0 Å². The molecule has 17 heavy (non-hydrogen) atoms. The third-order valence-electron chi connectivity index (χ3n) is 2.08. The van der Waals surface area contributed by atoms with Crippen LogP contribution in [0.5, 0.6) is 5.75 Å². The molecule has 0 saturated heterocycles. The van der Waals surface area contributed by atoms with E-state index < -0.39 is 12.1 Å². The van der Waals surface area contributed by atoms with Crippen LogP contribution >= 0.6 is 31.9 Å². The van der Waals surface area contributed by atoms with Crippen LogP contribution in [0.3, 0.4) is 0 Å². The summed E-state index contributed by atoms with van der Waals surface area (Å²) in [6.45, 7) is 2.22. The van der Waals surface area contributed by atoms with E-state index in [2.05, 4.69) is 37.2 Å². The van der Waals surface area contributed by atoms with E-state index in [0.29, 0.717) is 5.75 Å². The minimum atomic E-state index is -0.997. The van der Waals surface area contributed by atoms with Gasteiger partial charge in [-0.25, -0.2) is 4.79 Å². The fourth-order valence-electron chi connectivity index (χ4n) is 1.26. The van der Waals surface area contributed by atoms with E-state index in [1.165, 1.54) is 6.92 Å². The zero-order valence-electron chi connectivity index (χ0n) is 9.46. The number of carboxylic acid groups (broad SMARTS) is 1. The number of ether oxygens (including phenoxy) is 1. The van der Waals surface area contributed by atoms with Gasteiger partial charge in [-0.15, -0.1) is 0 Å². The van der Waals surface area contributed by atoms with Crippen LogP contribution in [0.1, 0.15) is 12.5 Å². The van der Waals surface area contributed by atoms with Crippen molar-refractivity contribution in [3.05, 3.63) is 26.6 Å². The number of carboxylic acids is 1. The maximum Gasteiger partial charge on any atom is 0.344 e. The molecule has 0 saturated carbocycles. The molecule has 0 aliphatic carbocycles. The van der Waals surface area contributed by atoms with Crippen molar-refractivity contribution in [2.24, 2.45) is 0 Å². The highest BCUT2D eigenvalue weighted by atomic mass is 79.9. The molecule has 1 aromatic carbocycles. The molecule has 1 rings (SSSR count). The van der Waals surface area contributed by atoms with Crippen LogP contribution in [0.15, 0.2) is 21.1 Å². The van der Waals surface area contributed by atoms with Crippen molar-refractivity contribution in [2.45, 2.75) is 19.6 Å². The summed E-state index contributed by atoms with van der Waals surface area (Å²) < 4.78 is 6.81. The van der Waals surface area contributed by atoms with Crippen molar-refractivity contribution >= 4 is 37.8 Å². The molecule has 0 spiro atoms. The molecular weight excluding hydrogens is 354 g/mol. The number of carbonyl (C=O) groups is 1. The molecule has 0 bridgehead atoms. The van der Waals surface area contributed by atoms with E-state index in [4.69, 9.17) is 9.84 Å². The SMILES string of the molecule is CNCc1cc(Br)c(OC(C)C(=O)O)c(Br)c1. The van der Waals surface area contributed by atoms with Crippen LogP contribution in [0.25, 0.3) is 0 Å². The van der Waals surface area contributed by atoms with Gasteiger partial charge in [0.05, 0.1) is 8.95 Å². The summed E-state index contributed by atoms with van der Waals surface area (Å²) in [5, 5.41) is 11.8. The van der Waals surface area contributed by atoms with Gasteiger partial charge in [-0.3, -0.25) is 0 Å². The van der Waals surface area contributed by atoms with Crippen LogP contribution in [0.2, 0.25) is 0 Å². The first kappa shape index (κ1) is 14.5. The highest BCUT2D eigenvalue weighted by molar-refractivity contribution is 9.11. The summed E-state index contributed by atoms with van der Waals surface area (Å²) in [5.41, 5.74) is 1.07. The van der Waals surface area contributed by atoms with Gasteiger partial charge in [0.15, 0.2) is 6.10 Å². The summed E-state index contributed by atoms with van der Waals surface area (Å²) >= 11 is 6.74. The number of halogens is 2. The molecule has 6 heteroatoms. The van der Waals surface area contributed by atoms with Gasteiger partial charge in [-0.1, -0.05) is 0 Å². The molecule has 0 amide bonds. The van der Waals surface area contributed by atoms with Crippen molar-refractivity contribution < 1.29 is 14.6 Å². The Kier molecular flexibility index (Phi) is 5.42. The third kappa shape index (κ3) is 3.97. The smallest absolute Gasteiger partial charge is 0.344 e. The largest absolute Gasteiger partial charge is 0.479 e. The average molecular weight is 367 g/mol. The lowest BCUT2D eigenvalue weighted by Crippen LogP contribution is -2.23. The topological polar surface area (TPSA) is 58.6 Å². The lowest BCUT2D eigenvalue weighted by atomic mass is 10.2.